The highest BCUT2D eigenvalue weighted by molar-refractivity contribution is 6.01. The van der Waals surface area contributed by atoms with Crippen LogP contribution in [0.4, 0.5) is 5.69 Å². The third kappa shape index (κ3) is 3.63. The smallest absolute Gasteiger partial charge is 0.253 e. The molecule has 2 amide bonds. The van der Waals surface area contributed by atoms with Gasteiger partial charge >= 0.3 is 0 Å². The summed E-state index contributed by atoms with van der Waals surface area (Å²) < 4.78 is 0. The summed E-state index contributed by atoms with van der Waals surface area (Å²) in [4.78, 5) is 31.0. The number of pyridine rings is 1. The Morgan fingerprint density at radius 3 is 3.00 bits per heavy atom. The van der Waals surface area contributed by atoms with Crippen LogP contribution in [0.1, 0.15) is 39.5 Å². The predicted octanol–water partition coefficient (Wildman–Crippen LogP) is 1.29. The maximum Gasteiger partial charge on any atom is 0.253 e. The minimum Gasteiger partial charge on any atom is -0.390 e. The van der Waals surface area contributed by atoms with Gasteiger partial charge in [0.25, 0.3) is 5.91 Å². The third-order valence-electron chi connectivity index (χ3n) is 6.09. The van der Waals surface area contributed by atoms with Crippen LogP contribution in [0.3, 0.4) is 0 Å². The van der Waals surface area contributed by atoms with Gasteiger partial charge in [-0.05, 0) is 30.0 Å². The van der Waals surface area contributed by atoms with E-state index in [9.17, 15) is 14.7 Å². The SMILES string of the molecule is O=C(NC[C@H](O)CN1CCc2ccccc2C1)c1cnc2c(c1)NC(=O)[C@@H]1C[C@H]21. The van der Waals surface area contributed by atoms with Crippen molar-refractivity contribution < 1.29 is 14.7 Å². The van der Waals surface area contributed by atoms with Crippen molar-refractivity contribution in [2.45, 2.75) is 31.4 Å². The number of carbonyl (C=O) groups excluding carboxylic acids is 2. The Labute approximate surface area is 169 Å². The number of nitrogens with one attached hydrogen (secondary N) is 2. The van der Waals surface area contributed by atoms with Crippen molar-refractivity contribution in [3.05, 3.63) is 58.9 Å². The largest absolute Gasteiger partial charge is 0.390 e. The van der Waals surface area contributed by atoms with E-state index in [2.05, 4.69) is 38.7 Å². The summed E-state index contributed by atoms with van der Waals surface area (Å²) >= 11 is 0. The summed E-state index contributed by atoms with van der Waals surface area (Å²) in [5, 5.41) is 16.0. The maximum atomic E-state index is 12.5. The van der Waals surface area contributed by atoms with Crippen molar-refractivity contribution in [3.8, 4) is 0 Å². The molecule has 3 heterocycles. The van der Waals surface area contributed by atoms with Crippen LogP contribution < -0.4 is 10.6 Å². The number of fused-ring (bicyclic) bond motifs is 4. The van der Waals surface area contributed by atoms with Gasteiger partial charge in [-0.1, -0.05) is 24.3 Å². The zero-order chi connectivity index (χ0) is 20.0. The van der Waals surface area contributed by atoms with E-state index in [-0.39, 0.29) is 30.2 Å². The molecular formula is C22H24N4O3. The van der Waals surface area contributed by atoms with Crippen LogP contribution in [0.5, 0.6) is 0 Å². The summed E-state index contributed by atoms with van der Waals surface area (Å²) in [6.45, 7) is 2.40. The normalized spacial score (nSPS) is 23.3. The Balaban J connectivity index is 1.15. The number of hydrogen-bond donors (Lipinski definition) is 3. The Morgan fingerprint density at radius 1 is 1.31 bits per heavy atom. The fraction of sp³-hybridized carbons (Fsp3) is 0.409. The van der Waals surface area contributed by atoms with E-state index in [1.165, 1.54) is 11.1 Å². The number of β-amino-alcohol motifs (C(OH)–C–C–N with tert-alkyl or cyclic N) is 1. The van der Waals surface area contributed by atoms with E-state index < -0.39 is 6.10 Å². The number of amides is 2. The number of aliphatic hydroxyl groups is 1. The van der Waals surface area contributed by atoms with Gasteiger partial charge in [0.15, 0.2) is 0 Å². The van der Waals surface area contributed by atoms with Crippen molar-refractivity contribution >= 4 is 17.5 Å². The summed E-state index contributed by atoms with van der Waals surface area (Å²) in [5.41, 5.74) is 4.57. The molecule has 29 heavy (non-hydrogen) atoms. The number of hydrogen-bond acceptors (Lipinski definition) is 5. The first kappa shape index (κ1) is 18.3. The summed E-state index contributed by atoms with van der Waals surface area (Å²) in [6.07, 6.45) is 2.71. The van der Waals surface area contributed by atoms with E-state index in [0.29, 0.717) is 17.8 Å². The minimum atomic E-state index is -0.651. The van der Waals surface area contributed by atoms with Gasteiger partial charge in [-0.3, -0.25) is 19.5 Å². The molecule has 7 heteroatoms. The first-order valence-electron chi connectivity index (χ1n) is 10.1. The van der Waals surface area contributed by atoms with Gasteiger partial charge in [0.1, 0.15) is 0 Å². The maximum absolute atomic E-state index is 12.5. The second kappa shape index (κ2) is 7.24. The van der Waals surface area contributed by atoms with Gasteiger partial charge in [0.05, 0.1) is 23.0 Å². The molecule has 1 aromatic carbocycles. The molecule has 1 fully saturated rings. The molecule has 5 rings (SSSR count). The lowest BCUT2D eigenvalue weighted by Crippen LogP contribution is -2.42. The van der Waals surface area contributed by atoms with E-state index in [0.717, 1.165) is 31.6 Å². The van der Waals surface area contributed by atoms with Crippen molar-refractivity contribution in [2.75, 3.05) is 25.0 Å². The highest BCUT2D eigenvalue weighted by Gasteiger charge is 2.49. The number of benzene rings is 1. The van der Waals surface area contributed by atoms with Gasteiger partial charge in [-0.15, -0.1) is 0 Å². The zero-order valence-corrected chi connectivity index (χ0v) is 16.1. The van der Waals surface area contributed by atoms with E-state index in [1.807, 2.05) is 6.07 Å². The molecule has 0 spiro atoms. The molecule has 2 aromatic rings. The molecule has 3 aliphatic rings. The van der Waals surface area contributed by atoms with Crippen molar-refractivity contribution in [1.82, 2.24) is 15.2 Å². The van der Waals surface area contributed by atoms with Gasteiger partial charge in [-0.2, -0.15) is 0 Å². The molecule has 1 aliphatic carbocycles. The topological polar surface area (TPSA) is 94.6 Å². The highest BCUT2D eigenvalue weighted by atomic mass is 16.3. The number of rotatable bonds is 5. The zero-order valence-electron chi connectivity index (χ0n) is 16.1. The fourth-order valence-electron chi connectivity index (χ4n) is 4.39. The number of aromatic nitrogens is 1. The molecule has 3 atom stereocenters. The van der Waals surface area contributed by atoms with Crippen molar-refractivity contribution in [3.63, 3.8) is 0 Å². The molecule has 7 nitrogen and oxygen atoms in total. The van der Waals surface area contributed by atoms with Crippen LogP contribution in [0.2, 0.25) is 0 Å². The summed E-state index contributed by atoms with van der Waals surface area (Å²) in [7, 11) is 0. The van der Waals surface area contributed by atoms with Crippen molar-refractivity contribution in [2.24, 2.45) is 5.92 Å². The molecule has 0 bridgehead atoms. The molecule has 1 saturated carbocycles. The Morgan fingerprint density at radius 2 is 2.14 bits per heavy atom. The van der Waals surface area contributed by atoms with E-state index in [1.54, 1.807) is 12.3 Å². The van der Waals surface area contributed by atoms with Crippen molar-refractivity contribution in [1.29, 1.82) is 0 Å². The first-order valence-corrected chi connectivity index (χ1v) is 10.1. The number of aliphatic hydroxyl groups excluding tert-OH is 1. The second-order valence-electron chi connectivity index (χ2n) is 8.21. The van der Waals surface area contributed by atoms with Crippen LogP contribution in [0.25, 0.3) is 0 Å². The van der Waals surface area contributed by atoms with Gasteiger partial charge in [0, 0.05) is 44.2 Å². The molecule has 0 saturated heterocycles. The molecule has 0 radical (unpaired) electrons. The molecule has 3 N–H and O–H groups in total. The number of nitrogens with zero attached hydrogens (tertiary/aromatic N) is 2. The molecule has 2 aliphatic heterocycles. The first-order chi connectivity index (χ1) is 14.1. The van der Waals surface area contributed by atoms with Crippen LogP contribution in [0, 0.1) is 5.92 Å². The average Bonchev–Trinajstić information content (AvgIpc) is 3.53. The minimum absolute atomic E-state index is 0.0142. The Kier molecular flexibility index (Phi) is 4.56. The summed E-state index contributed by atoms with van der Waals surface area (Å²) in [5.74, 6) is -0.0326. The van der Waals surface area contributed by atoms with Crippen LogP contribution in [-0.2, 0) is 17.8 Å². The molecule has 150 valence electrons. The lowest BCUT2D eigenvalue weighted by Gasteiger charge is -2.30. The highest BCUT2D eigenvalue weighted by Crippen LogP contribution is 2.52. The fourth-order valence-corrected chi connectivity index (χ4v) is 4.39. The number of anilines is 1. The molecule has 0 unspecified atom stereocenters. The van der Waals surface area contributed by atoms with Crippen LogP contribution >= 0.6 is 0 Å². The average molecular weight is 392 g/mol. The Hall–Kier alpha value is -2.77. The van der Waals surface area contributed by atoms with E-state index >= 15 is 0 Å². The third-order valence-corrected chi connectivity index (χ3v) is 6.09. The van der Waals surface area contributed by atoms with Crippen LogP contribution in [0.15, 0.2) is 36.5 Å². The van der Waals surface area contributed by atoms with Gasteiger partial charge in [0.2, 0.25) is 5.91 Å². The predicted molar refractivity (Wildman–Crippen MR) is 107 cm³/mol. The monoisotopic (exact) mass is 392 g/mol. The standard InChI is InChI=1S/C22H24N4O3/c27-16(12-26-6-5-13-3-1-2-4-14(13)11-26)10-24-21(28)15-7-19-20(23-9-15)17-8-18(17)22(29)25-19/h1-4,7,9,16-18,27H,5-6,8,10-12H2,(H,24,28)(H,25,29)/t16-,17-,18+/m0/s1. The van der Waals surface area contributed by atoms with Gasteiger partial charge < -0.3 is 15.7 Å². The van der Waals surface area contributed by atoms with E-state index in [4.69, 9.17) is 0 Å². The Bertz CT molecular complexity index is 976. The molecule has 1 aromatic heterocycles. The van der Waals surface area contributed by atoms with Gasteiger partial charge in [-0.25, -0.2) is 0 Å². The lowest BCUT2D eigenvalue weighted by molar-refractivity contribution is -0.117. The second-order valence-corrected chi connectivity index (χ2v) is 8.21. The van der Waals surface area contributed by atoms with Crippen LogP contribution in [-0.4, -0.2) is 52.5 Å². The number of carbonyl (C=O) groups is 2. The quantitative estimate of drug-likeness (QED) is 0.713. The molecular weight excluding hydrogens is 368 g/mol. The summed E-state index contributed by atoms with van der Waals surface area (Å²) in [6, 6.07) is 10.1. The lowest BCUT2D eigenvalue weighted by atomic mass is 10.00.